The van der Waals surface area contributed by atoms with E-state index in [2.05, 4.69) is 31.1 Å². The Morgan fingerprint density at radius 1 is 1.37 bits per heavy atom. The minimum absolute atomic E-state index is 0.197. The number of hydrogen-bond donors (Lipinski definition) is 0. The van der Waals surface area contributed by atoms with Gasteiger partial charge in [-0.3, -0.25) is 0 Å². The van der Waals surface area contributed by atoms with Gasteiger partial charge in [-0.15, -0.1) is 0 Å². The highest BCUT2D eigenvalue weighted by Gasteiger charge is 2.24. The molecule has 0 aromatic carbocycles. The number of methoxy groups -OCH3 is 1. The van der Waals surface area contributed by atoms with E-state index >= 15 is 0 Å². The van der Waals surface area contributed by atoms with Gasteiger partial charge in [0.05, 0.1) is 19.6 Å². The monoisotopic (exact) mass is 325 g/mol. The van der Waals surface area contributed by atoms with Crippen molar-refractivity contribution < 1.29 is 14.0 Å². The van der Waals surface area contributed by atoms with Crippen LogP contribution in [0, 0.1) is 0 Å². The molecule has 0 radical (unpaired) electrons. The summed E-state index contributed by atoms with van der Waals surface area (Å²) < 4.78 is 16.3. The standard InChI is InChI=1S/C12H12BrN3O3/c1-17-9-3-2-8(14-10(9)13)11-15-12(19-16-11)7-4-5-18-6-7/h2-3,7H,4-6H2,1H3. The molecule has 7 heteroatoms. The molecule has 1 atom stereocenters. The summed E-state index contributed by atoms with van der Waals surface area (Å²) in [7, 11) is 1.59. The number of rotatable bonds is 3. The average Bonchev–Trinajstić information content (AvgIpc) is 3.09. The predicted molar refractivity (Wildman–Crippen MR) is 70.0 cm³/mol. The van der Waals surface area contributed by atoms with Gasteiger partial charge in [0.25, 0.3) is 0 Å². The summed E-state index contributed by atoms with van der Waals surface area (Å²) in [4.78, 5) is 8.71. The Balaban J connectivity index is 1.87. The lowest BCUT2D eigenvalue weighted by Crippen LogP contribution is -1.97. The maximum absolute atomic E-state index is 5.31. The highest BCUT2D eigenvalue weighted by Crippen LogP contribution is 2.28. The molecule has 1 unspecified atom stereocenters. The van der Waals surface area contributed by atoms with Gasteiger partial charge in [0.15, 0.2) is 5.75 Å². The van der Waals surface area contributed by atoms with Crippen molar-refractivity contribution in [2.75, 3.05) is 20.3 Å². The number of aromatic nitrogens is 3. The maximum atomic E-state index is 5.31. The summed E-state index contributed by atoms with van der Waals surface area (Å²) in [5.41, 5.74) is 0.640. The predicted octanol–water partition coefficient (Wildman–Crippen LogP) is 2.41. The van der Waals surface area contributed by atoms with Crippen LogP contribution in [0.25, 0.3) is 11.5 Å². The van der Waals surface area contributed by atoms with Crippen molar-refractivity contribution in [1.82, 2.24) is 15.1 Å². The Kier molecular flexibility index (Phi) is 3.48. The molecule has 0 amide bonds. The lowest BCUT2D eigenvalue weighted by Gasteiger charge is -2.02. The molecule has 1 aliphatic heterocycles. The molecule has 1 aliphatic rings. The molecule has 0 bridgehead atoms. The van der Waals surface area contributed by atoms with Crippen molar-refractivity contribution in [3.63, 3.8) is 0 Å². The Morgan fingerprint density at radius 3 is 2.95 bits per heavy atom. The molecular formula is C12H12BrN3O3. The van der Waals surface area contributed by atoms with Crippen LogP contribution < -0.4 is 4.74 Å². The topological polar surface area (TPSA) is 70.3 Å². The van der Waals surface area contributed by atoms with Crippen molar-refractivity contribution in [3.8, 4) is 17.3 Å². The van der Waals surface area contributed by atoms with Gasteiger partial charge in [-0.25, -0.2) is 4.98 Å². The van der Waals surface area contributed by atoms with E-state index in [1.807, 2.05) is 0 Å². The number of nitrogens with zero attached hydrogens (tertiary/aromatic N) is 3. The van der Waals surface area contributed by atoms with Gasteiger partial charge >= 0.3 is 0 Å². The smallest absolute Gasteiger partial charge is 0.232 e. The number of hydrogen-bond acceptors (Lipinski definition) is 6. The average molecular weight is 326 g/mol. The van der Waals surface area contributed by atoms with Crippen molar-refractivity contribution in [2.24, 2.45) is 0 Å². The van der Waals surface area contributed by atoms with E-state index in [-0.39, 0.29) is 5.92 Å². The van der Waals surface area contributed by atoms with Crippen LogP contribution in [0.15, 0.2) is 21.3 Å². The van der Waals surface area contributed by atoms with Crippen molar-refractivity contribution in [2.45, 2.75) is 12.3 Å². The molecule has 6 nitrogen and oxygen atoms in total. The molecule has 0 aliphatic carbocycles. The molecule has 100 valence electrons. The molecule has 2 aromatic rings. The zero-order chi connectivity index (χ0) is 13.2. The lowest BCUT2D eigenvalue weighted by molar-refractivity contribution is 0.189. The van der Waals surface area contributed by atoms with Crippen LogP contribution in [0.2, 0.25) is 0 Å². The molecule has 0 saturated carbocycles. The zero-order valence-corrected chi connectivity index (χ0v) is 11.9. The molecule has 19 heavy (non-hydrogen) atoms. The SMILES string of the molecule is COc1ccc(-c2noc(C3CCOC3)n2)nc1Br. The number of halogens is 1. The first-order chi connectivity index (χ1) is 9.28. The highest BCUT2D eigenvalue weighted by atomic mass is 79.9. The molecule has 1 fully saturated rings. The third-order valence-corrected chi connectivity index (χ3v) is 3.55. The first kappa shape index (κ1) is 12.6. The first-order valence-corrected chi connectivity index (χ1v) is 6.69. The summed E-state index contributed by atoms with van der Waals surface area (Å²) >= 11 is 3.34. The molecule has 2 aromatic heterocycles. The molecule has 3 heterocycles. The van der Waals surface area contributed by atoms with Crippen molar-refractivity contribution >= 4 is 15.9 Å². The molecular weight excluding hydrogens is 314 g/mol. The normalized spacial score (nSPS) is 18.7. The summed E-state index contributed by atoms with van der Waals surface area (Å²) in [6.45, 7) is 1.39. The van der Waals surface area contributed by atoms with Crippen LogP contribution in [-0.2, 0) is 4.74 Å². The second-order valence-corrected chi connectivity index (χ2v) is 4.96. The zero-order valence-electron chi connectivity index (χ0n) is 10.3. The number of ether oxygens (including phenoxy) is 2. The van der Waals surface area contributed by atoms with Gasteiger partial charge in [0, 0.05) is 6.61 Å². The third kappa shape index (κ3) is 2.48. The minimum atomic E-state index is 0.197. The summed E-state index contributed by atoms with van der Waals surface area (Å²) in [5.74, 6) is 1.95. The summed E-state index contributed by atoms with van der Waals surface area (Å²) in [5, 5.41) is 3.96. The van der Waals surface area contributed by atoms with E-state index in [1.54, 1.807) is 19.2 Å². The van der Waals surface area contributed by atoms with E-state index in [1.165, 1.54) is 0 Å². The fraction of sp³-hybridized carbons (Fsp3) is 0.417. The van der Waals surface area contributed by atoms with E-state index in [0.717, 1.165) is 13.0 Å². The fourth-order valence-electron chi connectivity index (χ4n) is 1.93. The second kappa shape index (κ2) is 5.26. The number of pyridine rings is 1. The maximum Gasteiger partial charge on any atom is 0.232 e. The van der Waals surface area contributed by atoms with Gasteiger partial charge in [-0.2, -0.15) is 4.98 Å². The third-order valence-electron chi connectivity index (χ3n) is 2.98. The van der Waals surface area contributed by atoms with E-state index in [0.29, 0.717) is 34.4 Å². The molecule has 0 spiro atoms. The van der Waals surface area contributed by atoms with Gasteiger partial charge in [0.1, 0.15) is 10.3 Å². The molecule has 1 saturated heterocycles. The summed E-state index contributed by atoms with van der Waals surface area (Å²) in [6, 6.07) is 3.60. The quantitative estimate of drug-likeness (QED) is 0.807. The minimum Gasteiger partial charge on any atom is -0.494 e. The van der Waals surface area contributed by atoms with Crippen LogP contribution in [0.3, 0.4) is 0 Å². The van der Waals surface area contributed by atoms with E-state index in [9.17, 15) is 0 Å². The van der Waals surface area contributed by atoms with Crippen LogP contribution in [0.4, 0.5) is 0 Å². The fourth-order valence-corrected chi connectivity index (χ4v) is 2.42. The largest absolute Gasteiger partial charge is 0.494 e. The van der Waals surface area contributed by atoms with Crippen LogP contribution in [-0.4, -0.2) is 35.4 Å². The Hall–Kier alpha value is -1.47. The van der Waals surface area contributed by atoms with E-state index in [4.69, 9.17) is 14.0 Å². The van der Waals surface area contributed by atoms with Crippen LogP contribution in [0.1, 0.15) is 18.2 Å². The van der Waals surface area contributed by atoms with E-state index < -0.39 is 0 Å². The molecule has 0 N–H and O–H groups in total. The second-order valence-electron chi connectivity index (χ2n) is 4.21. The lowest BCUT2D eigenvalue weighted by atomic mass is 10.1. The Bertz CT molecular complexity index is 581. The first-order valence-electron chi connectivity index (χ1n) is 5.90. The van der Waals surface area contributed by atoms with Crippen molar-refractivity contribution in [1.29, 1.82) is 0 Å². The van der Waals surface area contributed by atoms with Gasteiger partial charge < -0.3 is 14.0 Å². The van der Waals surface area contributed by atoms with Crippen molar-refractivity contribution in [3.05, 3.63) is 22.6 Å². The Morgan fingerprint density at radius 2 is 2.26 bits per heavy atom. The Labute approximate surface area is 118 Å². The van der Waals surface area contributed by atoms with Gasteiger partial charge in [0.2, 0.25) is 11.7 Å². The summed E-state index contributed by atoms with van der Waals surface area (Å²) in [6.07, 6.45) is 0.918. The highest BCUT2D eigenvalue weighted by molar-refractivity contribution is 9.10. The van der Waals surface area contributed by atoms with Gasteiger partial charge in [-0.1, -0.05) is 5.16 Å². The molecule has 3 rings (SSSR count). The van der Waals surface area contributed by atoms with Gasteiger partial charge in [-0.05, 0) is 34.5 Å². The van der Waals surface area contributed by atoms with Crippen LogP contribution in [0.5, 0.6) is 5.75 Å². The van der Waals surface area contributed by atoms with Crippen LogP contribution >= 0.6 is 15.9 Å².